The first-order chi connectivity index (χ1) is 7.29. The van der Waals surface area contributed by atoms with E-state index in [1.807, 2.05) is 0 Å². The highest BCUT2D eigenvalue weighted by Crippen LogP contribution is 2.18. The molecule has 1 heterocycles. The maximum atomic E-state index is 13.2. The summed E-state index contributed by atoms with van der Waals surface area (Å²) in [6.07, 6.45) is 0.244. The Labute approximate surface area is 87.8 Å². The molecule has 1 aromatic rings. The molecule has 15 heavy (non-hydrogen) atoms. The van der Waals surface area contributed by atoms with E-state index in [4.69, 9.17) is 14.2 Å². The molecule has 0 aromatic heterocycles. The molecule has 1 aliphatic heterocycles. The van der Waals surface area contributed by atoms with Crippen LogP contribution >= 0.6 is 0 Å². The van der Waals surface area contributed by atoms with Crippen LogP contribution in [0, 0.1) is 5.82 Å². The third-order valence-corrected chi connectivity index (χ3v) is 2.19. The zero-order chi connectivity index (χ0) is 10.7. The number of epoxide rings is 1. The number of hydrogen-bond donors (Lipinski definition) is 0. The lowest BCUT2D eigenvalue weighted by Crippen LogP contribution is -2.01. The van der Waals surface area contributed by atoms with Crippen LogP contribution in [0.25, 0.3) is 0 Å². The van der Waals surface area contributed by atoms with Gasteiger partial charge < -0.3 is 14.2 Å². The molecule has 0 N–H and O–H groups in total. The monoisotopic (exact) mass is 212 g/mol. The normalized spacial score (nSPS) is 18.9. The van der Waals surface area contributed by atoms with Crippen molar-refractivity contribution in [3.05, 3.63) is 29.6 Å². The fourth-order valence-electron chi connectivity index (χ4n) is 1.27. The Hall–Kier alpha value is -1.13. The lowest BCUT2D eigenvalue weighted by Gasteiger charge is -2.05. The summed E-state index contributed by atoms with van der Waals surface area (Å²) < 4.78 is 28.4. The first-order valence-corrected chi connectivity index (χ1v) is 4.81. The number of halogens is 1. The number of benzene rings is 1. The summed E-state index contributed by atoms with van der Waals surface area (Å²) in [6, 6.07) is 4.81. The van der Waals surface area contributed by atoms with Crippen LogP contribution in [0.3, 0.4) is 0 Å². The van der Waals surface area contributed by atoms with E-state index in [0.29, 0.717) is 13.2 Å². The average molecular weight is 212 g/mol. The smallest absolute Gasteiger partial charge is 0.165 e. The van der Waals surface area contributed by atoms with Gasteiger partial charge in [-0.25, -0.2) is 4.39 Å². The van der Waals surface area contributed by atoms with Crippen molar-refractivity contribution >= 4 is 0 Å². The molecule has 0 bridgehead atoms. The van der Waals surface area contributed by atoms with Crippen LogP contribution in [0.4, 0.5) is 4.39 Å². The van der Waals surface area contributed by atoms with Crippen molar-refractivity contribution < 1.29 is 18.6 Å². The maximum Gasteiger partial charge on any atom is 0.165 e. The lowest BCUT2D eigenvalue weighted by molar-refractivity contribution is 0.104. The highest BCUT2D eigenvalue weighted by Gasteiger charge is 2.22. The summed E-state index contributed by atoms with van der Waals surface area (Å²) in [5.41, 5.74) is 0.800. The van der Waals surface area contributed by atoms with Gasteiger partial charge in [-0.1, -0.05) is 6.07 Å². The minimum Gasteiger partial charge on any atom is -0.494 e. The first kappa shape index (κ1) is 10.4. The molecule has 1 saturated heterocycles. The molecule has 0 saturated carbocycles. The minimum atomic E-state index is -0.360. The summed E-state index contributed by atoms with van der Waals surface area (Å²) in [5.74, 6) is -0.106. The van der Waals surface area contributed by atoms with E-state index in [9.17, 15) is 4.39 Å². The second-order valence-corrected chi connectivity index (χ2v) is 3.44. The van der Waals surface area contributed by atoms with Gasteiger partial charge in [-0.2, -0.15) is 0 Å². The molecule has 2 rings (SSSR count). The van der Waals surface area contributed by atoms with Gasteiger partial charge in [0.1, 0.15) is 6.10 Å². The van der Waals surface area contributed by atoms with Crippen LogP contribution in [-0.2, 0) is 16.1 Å². The Morgan fingerprint density at radius 3 is 2.93 bits per heavy atom. The minimum absolute atomic E-state index is 0.244. The van der Waals surface area contributed by atoms with Crippen molar-refractivity contribution in [1.82, 2.24) is 0 Å². The SMILES string of the molecule is COc1ccc(COCC2CO2)cc1F. The zero-order valence-corrected chi connectivity index (χ0v) is 8.53. The predicted octanol–water partition coefficient (Wildman–Crippen LogP) is 1.75. The molecule has 82 valence electrons. The molecule has 1 fully saturated rings. The molecule has 4 heteroatoms. The van der Waals surface area contributed by atoms with Gasteiger partial charge in [-0.15, -0.1) is 0 Å². The molecule has 1 aliphatic rings. The van der Waals surface area contributed by atoms with Crippen LogP contribution in [0.15, 0.2) is 18.2 Å². The first-order valence-electron chi connectivity index (χ1n) is 4.81. The summed E-state index contributed by atoms with van der Waals surface area (Å²) in [4.78, 5) is 0. The molecule has 0 aliphatic carbocycles. The van der Waals surface area contributed by atoms with Gasteiger partial charge in [-0.05, 0) is 17.7 Å². The van der Waals surface area contributed by atoms with Crippen molar-refractivity contribution in [2.24, 2.45) is 0 Å². The topological polar surface area (TPSA) is 31.0 Å². The second-order valence-electron chi connectivity index (χ2n) is 3.44. The molecular weight excluding hydrogens is 199 g/mol. The van der Waals surface area contributed by atoms with Crippen molar-refractivity contribution in [1.29, 1.82) is 0 Å². The van der Waals surface area contributed by atoms with Gasteiger partial charge in [0.2, 0.25) is 0 Å². The van der Waals surface area contributed by atoms with Gasteiger partial charge in [0, 0.05) is 0 Å². The third kappa shape index (κ3) is 2.91. The van der Waals surface area contributed by atoms with E-state index >= 15 is 0 Å². The van der Waals surface area contributed by atoms with Crippen LogP contribution in [0.1, 0.15) is 5.56 Å². The van der Waals surface area contributed by atoms with Crippen molar-refractivity contribution in [3.8, 4) is 5.75 Å². The van der Waals surface area contributed by atoms with Crippen molar-refractivity contribution in [2.75, 3.05) is 20.3 Å². The number of rotatable bonds is 5. The highest BCUT2D eigenvalue weighted by atomic mass is 19.1. The predicted molar refractivity (Wildman–Crippen MR) is 52.3 cm³/mol. The van der Waals surface area contributed by atoms with Crippen LogP contribution in [-0.4, -0.2) is 26.4 Å². The van der Waals surface area contributed by atoms with Crippen LogP contribution in [0.2, 0.25) is 0 Å². The Balaban J connectivity index is 1.87. The van der Waals surface area contributed by atoms with Gasteiger partial charge >= 0.3 is 0 Å². The highest BCUT2D eigenvalue weighted by molar-refractivity contribution is 5.28. The molecule has 3 nitrogen and oxygen atoms in total. The van der Waals surface area contributed by atoms with Gasteiger partial charge in [0.25, 0.3) is 0 Å². The maximum absolute atomic E-state index is 13.2. The molecule has 0 spiro atoms. The average Bonchev–Trinajstić information content (AvgIpc) is 3.02. The fourth-order valence-corrected chi connectivity index (χ4v) is 1.27. The van der Waals surface area contributed by atoms with Crippen LogP contribution < -0.4 is 4.74 Å². The Kier molecular flexibility index (Phi) is 3.18. The summed E-state index contributed by atoms with van der Waals surface area (Å²) in [7, 11) is 1.44. The standard InChI is InChI=1S/C11H13FO3/c1-13-11-3-2-8(4-10(11)12)5-14-6-9-7-15-9/h2-4,9H,5-7H2,1H3. The van der Waals surface area contributed by atoms with E-state index in [0.717, 1.165) is 12.2 Å². The van der Waals surface area contributed by atoms with E-state index in [2.05, 4.69) is 0 Å². The molecule has 0 amide bonds. The molecule has 1 atom stereocenters. The lowest BCUT2D eigenvalue weighted by atomic mass is 10.2. The van der Waals surface area contributed by atoms with Gasteiger partial charge in [0.05, 0.1) is 26.9 Å². The molecule has 1 unspecified atom stereocenters. The van der Waals surface area contributed by atoms with E-state index in [1.54, 1.807) is 12.1 Å². The zero-order valence-electron chi connectivity index (χ0n) is 8.53. The largest absolute Gasteiger partial charge is 0.494 e. The summed E-state index contributed by atoms with van der Waals surface area (Å²) in [6.45, 7) is 1.76. The van der Waals surface area contributed by atoms with Crippen molar-refractivity contribution in [2.45, 2.75) is 12.7 Å². The second kappa shape index (κ2) is 4.59. The Bertz CT molecular complexity index is 337. The van der Waals surface area contributed by atoms with E-state index in [1.165, 1.54) is 13.2 Å². The number of methoxy groups -OCH3 is 1. The third-order valence-electron chi connectivity index (χ3n) is 2.19. The fraction of sp³-hybridized carbons (Fsp3) is 0.455. The van der Waals surface area contributed by atoms with Gasteiger partial charge in [-0.3, -0.25) is 0 Å². The molecular formula is C11H13FO3. The molecule has 0 radical (unpaired) electrons. The van der Waals surface area contributed by atoms with E-state index < -0.39 is 0 Å². The number of ether oxygens (including phenoxy) is 3. The summed E-state index contributed by atoms with van der Waals surface area (Å²) in [5, 5.41) is 0. The summed E-state index contributed by atoms with van der Waals surface area (Å²) >= 11 is 0. The quantitative estimate of drug-likeness (QED) is 0.697. The number of hydrogen-bond acceptors (Lipinski definition) is 3. The molecule has 1 aromatic carbocycles. The van der Waals surface area contributed by atoms with Gasteiger partial charge in [0.15, 0.2) is 11.6 Å². The van der Waals surface area contributed by atoms with Crippen LogP contribution in [0.5, 0.6) is 5.75 Å². The Morgan fingerprint density at radius 2 is 2.33 bits per heavy atom. The van der Waals surface area contributed by atoms with Crippen molar-refractivity contribution in [3.63, 3.8) is 0 Å². The van der Waals surface area contributed by atoms with E-state index in [-0.39, 0.29) is 17.7 Å². The Morgan fingerprint density at radius 1 is 1.53 bits per heavy atom.